The van der Waals surface area contributed by atoms with E-state index in [9.17, 15) is 24.8 Å². The first-order valence-electron chi connectivity index (χ1n) is 5.98. The smallest absolute Gasteiger partial charge is 0.407 e. The highest BCUT2D eigenvalue weighted by Crippen LogP contribution is 2.28. The van der Waals surface area contributed by atoms with Crippen LogP contribution in [0, 0.1) is 10.1 Å². The molecule has 0 aromatic carbocycles. The lowest BCUT2D eigenvalue weighted by molar-refractivity contribution is -0.384. The van der Waals surface area contributed by atoms with E-state index in [-0.39, 0.29) is 31.1 Å². The number of nitro groups is 1. The van der Waals surface area contributed by atoms with Crippen LogP contribution in [0.15, 0.2) is 18.3 Å². The number of aromatic nitrogens is 1. The van der Waals surface area contributed by atoms with E-state index in [0.29, 0.717) is 0 Å². The van der Waals surface area contributed by atoms with Gasteiger partial charge in [0.25, 0.3) is 0 Å². The van der Waals surface area contributed by atoms with Crippen LogP contribution in [0.2, 0.25) is 0 Å². The third-order valence-electron chi connectivity index (χ3n) is 3.17. The predicted molar refractivity (Wildman–Crippen MR) is 69.3 cm³/mol. The predicted octanol–water partition coefficient (Wildman–Crippen LogP) is 0.243. The Kier molecular flexibility index (Phi) is 3.87. The van der Waals surface area contributed by atoms with Gasteiger partial charge in [0.2, 0.25) is 5.82 Å². The van der Waals surface area contributed by atoms with Crippen LogP contribution in [-0.2, 0) is 4.79 Å². The van der Waals surface area contributed by atoms with Gasteiger partial charge in [-0.2, -0.15) is 0 Å². The molecule has 1 amide bonds. The average Bonchev–Trinajstić information content (AvgIpc) is 2.46. The number of pyridine rings is 1. The van der Waals surface area contributed by atoms with E-state index in [0.717, 1.165) is 4.90 Å². The number of piperazine rings is 1. The number of hydrogen-bond acceptors (Lipinski definition) is 6. The van der Waals surface area contributed by atoms with Crippen LogP contribution in [0.1, 0.15) is 0 Å². The molecule has 1 unspecified atom stereocenters. The van der Waals surface area contributed by atoms with Crippen LogP contribution < -0.4 is 4.90 Å². The van der Waals surface area contributed by atoms with Gasteiger partial charge in [0.1, 0.15) is 6.04 Å². The van der Waals surface area contributed by atoms with Gasteiger partial charge in [-0.1, -0.05) is 0 Å². The van der Waals surface area contributed by atoms with Crippen molar-refractivity contribution in [2.45, 2.75) is 6.04 Å². The van der Waals surface area contributed by atoms with Gasteiger partial charge >= 0.3 is 17.7 Å². The minimum atomic E-state index is -1.26. The van der Waals surface area contributed by atoms with E-state index >= 15 is 0 Å². The molecule has 21 heavy (non-hydrogen) atoms. The van der Waals surface area contributed by atoms with Crippen molar-refractivity contribution >= 4 is 23.6 Å². The summed E-state index contributed by atoms with van der Waals surface area (Å²) in [6.45, 7) is -0.216. The molecule has 0 aliphatic carbocycles. The molecule has 2 N–H and O–H groups in total. The van der Waals surface area contributed by atoms with Crippen molar-refractivity contribution in [3.8, 4) is 0 Å². The van der Waals surface area contributed by atoms with Crippen molar-refractivity contribution in [3.05, 3.63) is 28.4 Å². The van der Waals surface area contributed by atoms with E-state index in [4.69, 9.17) is 5.11 Å². The second-order valence-electron chi connectivity index (χ2n) is 4.38. The lowest BCUT2D eigenvalue weighted by Gasteiger charge is -2.38. The SMILES string of the molecule is O=C(O)C1CN(C(=O)O)CCN1c1ncccc1[N+](=O)[O-]. The number of anilines is 1. The van der Waals surface area contributed by atoms with Crippen LogP contribution in [0.3, 0.4) is 0 Å². The number of rotatable bonds is 3. The molecule has 0 bridgehead atoms. The van der Waals surface area contributed by atoms with Crippen molar-refractivity contribution < 1.29 is 24.7 Å². The van der Waals surface area contributed by atoms with Crippen molar-refractivity contribution in [2.24, 2.45) is 0 Å². The van der Waals surface area contributed by atoms with Crippen LogP contribution in [0.5, 0.6) is 0 Å². The van der Waals surface area contributed by atoms with Crippen molar-refractivity contribution in [3.63, 3.8) is 0 Å². The largest absolute Gasteiger partial charge is 0.480 e. The highest BCUT2D eigenvalue weighted by molar-refractivity contribution is 5.81. The third kappa shape index (κ3) is 2.83. The molecule has 10 heteroatoms. The van der Waals surface area contributed by atoms with Crippen molar-refractivity contribution in [2.75, 3.05) is 24.5 Å². The molecule has 0 radical (unpaired) electrons. The van der Waals surface area contributed by atoms with Gasteiger partial charge in [-0.25, -0.2) is 14.6 Å². The summed E-state index contributed by atoms with van der Waals surface area (Å²) in [6.07, 6.45) is 0.0987. The molecule has 112 valence electrons. The molecule has 1 aliphatic rings. The highest BCUT2D eigenvalue weighted by Gasteiger charge is 2.37. The topological polar surface area (TPSA) is 137 Å². The first kappa shape index (κ1) is 14.5. The van der Waals surface area contributed by atoms with Crippen LogP contribution in [0.25, 0.3) is 0 Å². The first-order valence-corrected chi connectivity index (χ1v) is 5.98. The maximum absolute atomic E-state index is 11.3. The Morgan fingerprint density at radius 1 is 1.38 bits per heavy atom. The number of carbonyl (C=O) groups is 2. The summed E-state index contributed by atoms with van der Waals surface area (Å²) in [5.41, 5.74) is -0.312. The summed E-state index contributed by atoms with van der Waals surface area (Å²) in [4.78, 5) is 38.7. The number of aliphatic carboxylic acids is 1. The molecule has 1 aromatic rings. The lowest BCUT2D eigenvalue weighted by Crippen LogP contribution is -2.58. The summed E-state index contributed by atoms with van der Waals surface area (Å²) in [5, 5.41) is 29.2. The first-order chi connectivity index (χ1) is 9.91. The van der Waals surface area contributed by atoms with Crippen molar-refractivity contribution in [1.29, 1.82) is 0 Å². The fourth-order valence-corrected chi connectivity index (χ4v) is 2.17. The quantitative estimate of drug-likeness (QED) is 0.597. The van der Waals surface area contributed by atoms with E-state index in [1.165, 1.54) is 23.2 Å². The maximum Gasteiger partial charge on any atom is 0.407 e. The molecule has 1 saturated heterocycles. The Morgan fingerprint density at radius 2 is 2.10 bits per heavy atom. The maximum atomic E-state index is 11.3. The summed E-state index contributed by atoms with van der Waals surface area (Å²) in [5.74, 6) is -1.33. The number of carboxylic acids is 1. The molecular formula is C11H12N4O6. The number of nitrogens with zero attached hydrogens (tertiary/aromatic N) is 4. The molecule has 10 nitrogen and oxygen atoms in total. The van der Waals surface area contributed by atoms with E-state index in [1.807, 2.05) is 0 Å². The lowest BCUT2D eigenvalue weighted by atomic mass is 10.1. The molecule has 1 aromatic heterocycles. The molecule has 0 spiro atoms. The minimum Gasteiger partial charge on any atom is -0.480 e. The Morgan fingerprint density at radius 3 is 2.67 bits per heavy atom. The normalized spacial score (nSPS) is 18.4. The zero-order valence-corrected chi connectivity index (χ0v) is 10.7. The Hall–Kier alpha value is -2.91. The molecule has 0 saturated carbocycles. The van der Waals surface area contributed by atoms with Gasteiger partial charge in [-0.3, -0.25) is 10.1 Å². The minimum absolute atomic E-state index is 0.0150. The summed E-state index contributed by atoms with van der Waals surface area (Å²) in [6, 6.07) is 1.39. The van der Waals surface area contributed by atoms with Crippen LogP contribution in [0.4, 0.5) is 16.3 Å². The van der Waals surface area contributed by atoms with Crippen LogP contribution in [-0.4, -0.2) is 62.8 Å². The summed E-state index contributed by atoms with van der Waals surface area (Å²) >= 11 is 0. The molecule has 1 atom stereocenters. The molecule has 2 rings (SSSR count). The number of hydrogen-bond donors (Lipinski definition) is 2. The van der Waals surface area contributed by atoms with Crippen molar-refractivity contribution in [1.82, 2.24) is 9.88 Å². The zero-order valence-electron chi connectivity index (χ0n) is 10.7. The Bertz CT molecular complexity index is 592. The van der Waals surface area contributed by atoms with E-state index < -0.39 is 23.0 Å². The van der Waals surface area contributed by atoms with Gasteiger partial charge in [0.05, 0.1) is 11.5 Å². The van der Waals surface area contributed by atoms with E-state index in [2.05, 4.69) is 4.98 Å². The zero-order chi connectivity index (χ0) is 15.6. The third-order valence-corrected chi connectivity index (χ3v) is 3.17. The average molecular weight is 296 g/mol. The highest BCUT2D eigenvalue weighted by atomic mass is 16.6. The van der Waals surface area contributed by atoms with Crippen LogP contribution >= 0.6 is 0 Å². The molecular weight excluding hydrogens is 284 g/mol. The monoisotopic (exact) mass is 296 g/mol. The molecule has 2 heterocycles. The molecule has 1 fully saturated rings. The van der Waals surface area contributed by atoms with Gasteiger partial charge in [-0.05, 0) is 6.07 Å². The van der Waals surface area contributed by atoms with Gasteiger partial charge < -0.3 is 20.0 Å². The fourth-order valence-electron chi connectivity index (χ4n) is 2.17. The second-order valence-corrected chi connectivity index (χ2v) is 4.38. The standard InChI is InChI=1S/C11H12N4O6/c16-10(17)8-6-13(11(18)19)4-5-14(8)9-7(15(20)21)2-1-3-12-9/h1-3,8H,4-6H2,(H,16,17)(H,18,19). The number of amides is 1. The van der Waals surface area contributed by atoms with Gasteiger partial charge in [0.15, 0.2) is 0 Å². The molecule has 1 aliphatic heterocycles. The van der Waals surface area contributed by atoms with E-state index in [1.54, 1.807) is 0 Å². The summed E-state index contributed by atoms with van der Waals surface area (Å²) < 4.78 is 0. The van der Waals surface area contributed by atoms with Gasteiger partial charge in [-0.15, -0.1) is 0 Å². The second kappa shape index (κ2) is 5.61. The fraction of sp³-hybridized carbons (Fsp3) is 0.364. The van der Waals surface area contributed by atoms with Gasteiger partial charge in [0, 0.05) is 25.4 Å². The Labute approximate surface area is 118 Å². The number of carboxylic acid groups (broad SMARTS) is 2. The Balaban J connectivity index is 2.37. The summed E-state index contributed by atoms with van der Waals surface area (Å²) in [7, 11) is 0.